The van der Waals surface area contributed by atoms with Gasteiger partial charge in [0.05, 0.1) is 0 Å². The van der Waals surface area contributed by atoms with E-state index in [4.69, 9.17) is 0 Å². The smallest absolute Gasteiger partial charge is 0.227 e. The largest absolute Gasteiger partial charge is 0.493 e. The van der Waals surface area contributed by atoms with Gasteiger partial charge in [-0.25, -0.2) is 27.2 Å². The van der Waals surface area contributed by atoms with Gasteiger partial charge in [-0.2, -0.15) is 39.4 Å². The fourth-order valence-corrected chi connectivity index (χ4v) is 4.14. The first kappa shape index (κ1) is 17.1. The van der Waals surface area contributed by atoms with E-state index >= 15 is 0 Å². The highest BCUT2D eigenvalue weighted by molar-refractivity contribution is 7.62. The summed E-state index contributed by atoms with van der Waals surface area (Å²) in [6.07, 6.45) is -22.3. The minimum absolute atomic E-state index is 2.82. The maximum atomic E-state index is 12.5. The average molecular weight is 374 g/mol. The van der Waals surface area contributed by atoms with Gasteiger partial charge in [0.1, 0.15) is 0 Å². The summed E-state index contributed by atoms with van der Waals surface area (Å²) in [6, 6.07) is 0. The Morgan fingerprint density at radius 1 is 0.571 bits per heavy atom. The standard InChI is InChI=1S/C4F8O7P2/c5-1(6)2(7,8)16-20(13,15-1)19-21(14)17-3(9,10)4(11,12)18-21. The third-order valence-corrected chi connectivity index (χ3v) is 5.20. The maximum Gasteiger partial charge on any atom is 0.493 e. The summed E-state index contributed by atoms with van der Waals surface area (Å²) < 4.78 is 137. The molecule has 0 unspecified atom stereocenters. The summed E-state index contributed by atoms with van der Waals surface area (Å²) in [4.78, 5) is 0. The Kier molecular flexibility index (Phi) is 3.38. The molecule has 2 rings (SSSR count). The number of halogens is 8. The summed E-state index contributed by atoms with van der Waals surface area (Å²) in [7, 11) is -12.4. The van der Waals surface area contributed by atoms with E-state index in [1.54, 1.807) is 0 Å². The van der Waals surface area contributed by atoms with Crippen LogP contribution in [0.2, 0.25) is 0 Å². The zero-order valence-corrected chi connectivity index (χ0v) is 10.6. The van der Waals surface area contributed by atoms with Crippen molar-refractivity contribution in [3.8, 4) is 0 Å². The molecule has 17 heteroatoms. The third kappa shape index (κ3) is 2.71. The van der Waals surface area contributed by atoms with Gasteiger partial charge >= 0.3 is 40.1 Å². The van der Waals surface area contributed by atoms with Crippen molar-refractivity contribution < 1.29 is 66.7 Å². The first-order valence-electron chi connectivity index (χ1n) is 4.29. The molecule has 2 saturated heterocycles. The van der Waals surface area contributed by atoms with Crippen LogP contribution in [0.15, 0.2) is 0 Å². The zero-order valence-electron chi connectivity index (χ0n) is 8.78. The molecule has 0 amide bonds. The number of rotatable bonds is 2. The summed E-state index contributed by atoms with van der Waals surface area (Å²) in [5, 5.41) is 0. The van der Waals surface area contributed by atoms with Crippen molar-refractivity contribution in [1.82, 2.24) is 0 Å². The molecule has 0 aliphatic carbocycles. The number of hydrogen-bond donors (Lipinski definition) is 0. The van der Waals surface area contributed by atoms with E-state index in [2.05, 4.69) is 22.4 Å². The molecule has 0 aromatic heterocycles. The summed E-state index contributed by atoms with van der Waals surface area (Å²) in [5.41, 5.74) is 0. The molecule has 7 nitrogen and oxygen atoms in total. The van der Waals surface area contributed by atoms with Crippen molar-refractivity contribution in [3.05, 3.63) is 0 Å². The number of phosphoric ester groups is 2. The second-order valence-electron chi connectivity index (χ2n) is 3.41. The Hall–Kier alpha value is -0.300. The van der Waals surface area contributed by atoms with E-state index in [1.165, 1.54) is 0 Å². The zero-order chi connectivity index (χ0) is 16.5. The van der Waals surface area contributed by atoms with Crippen LogP contribution in [-0.4, -0.2) is 24.4 Å². The van der Waals surface area contributed by atoms with E-state index in [0.717, 1.165) is 0 Å². The lowest BCUT2D eigenvalue weighted by Gasteiger charge is -2.12. The SMILES string of the molecule is O=P1(OP2(=O)OC(F)(F)C(F)(F)O2)OC(F)(F)C(F)(F)O1. The van der Waals surface area contributed by atoms with Crippen LogP contribution in [0.4, 0.5) is 35.1 Å². The van der Waals surface area contributed by atoms with Gasteiger partial charge in [0.25, 0.3) is 0 Å². The van der Waals surface area contributed by atoms with E-state index in [0.29, 0.717) is 0 Å². The van der Waals surface area contributed by atoms with Crippen LogP contribution in [0.25, 0.3) is 0 Å². The van der Waals surface area contributed by atoms with Crippen LogP contribution in [-0.2, 0) is 31.5 Å². The van der Waals surface area contributed by atoms with E-state index in [-0.39, 0.29) is 0 Å². The molecular formula is C4F8O7P2. The molecule has 2 aliphatic heterocycles. The molecule has 0 atom stereocenters. The normalized spacial score (nSPS) is 33.9. The summed E-state index contributed by atoms with van der Waals surface area (Å²) in [5.74, 6) is 0. The minimum atomic E-state index is -6.22. The molecule has 0 N–H and O–H groups in total. The quantitative estimate of drug-likeness (QED) is 0.539. The molecule has 21 heavy (non-hydrogen) atoms. The Morgan fingerprint density at radius 2 is 0.762 bits per heavy atom. The van der Waals surface area contributed by atoms with Gasteiger partial charge in [0.2, 0.25) is 0 Å². The van der Waals surface area contributed by atoms with Crippen molar-refractivity contribution in [1.29, 1.82) is 0 Å². The molecular weight excluding hydrogens is 374 g/mol. The fraction of sp³-hybridized carbons (Fsp3) is 1.00. The predicted octanol–water partition coefficient (Wildman–Crippen LogP) is 3.68. The summed E-state index contributed by atoms with van der Waals surface area (Å²) in [6.45, 7) is 0. The van der Waals surface area contributed by atoms with Crippen LogP contribution in [0.3, 0.4) is 0 Å². The van der Waals surface area contributed by atoms with Gasteiger partial charge in [-0.05, 0) is 0 Å². The van der Waals surface area contributed by atoms with Crippen LogP contribution < -0.4 is 0 Å². The van der Waals surface area contributed by atoms with Gasteiger partial charge < -0.3 is 0 Å². The van der Waals surface area contributed by atoms with Gasteiger partial charge in [-0.15, -0.1) is 0 Å². The Morgan fingerprint density at radius 3 is 0.952 bits per heavy atom. The predicted molar refractivity (Wildman–Crippen MR) is 40.4 cm³/mol. The molecule has 2 fully saturated rings. The van der Waals surface area contributed by atoms with Crippen molar-refractivity contribution >= 4 is 15.6 Å². The van der Waals surface area contributed by atoms with Crippen LogP contribution in [0.1, 0.15) is 0 Å². The Labute approximate surface area is 108 Å². The molecule has 0 spiro atoms. The van der Waals surface area contributed by atoms with Crippen LogP contribution >= 0.6 is 15.6 Å². The first-order valence-corrected chi connectivity index (χ1v) is 7.21. The molecule has 0 aromatic carbocycles. The lowest BCUT2D eigenvalue weighted by molar-refractivity contribution is -0.344. The highest BCUT2D eigenvalue weighted by Gasteiger charge is 2.78. The Bertz CT molecular complexity index is 473. The minimum Gasteiger partial charge on any atom is -0.227 e. The van der Waals surface area contributed by atoms with Crippen LogP contribution in [0, 0.1) is 0 Å². The van der Waals surface area contributed by atoms with Crippen molar-refractivity contribution in [3.63, 3.8) is 0 Å². The first-order chi connectivity index (χ1) is 9.04. The molecule has 2 aliphatic rings. The molecule has 0 saturated carbocycles. The van der Waals surface area contributed by atoms with Crippen LogP contribution in [0.5, 0.6) is 0 Å². The number of phosphoric acid groups is 2. The molecule has 0 radical (unpaired) electrons. The maximum absolute atomic E-state index is 12.5. The van der Waals surface area contributed by atoms with Gasteiger partial charge in [0, 0.05) is 0 Å². The number of hydrogen-bond acceptors (Lipinski definition) is 7. The second kappa shape index (κ2) is 4.16. The van der Waals surface area contributed by atoms with Gasteiger partial charge in [0.15, 0.2) is 0 Å². The van der Waals surface area contributed by atoms with Crippen molar-refractivity contribution in [2.24, 2.45) is 0 Å². The van der Waals surface area contributed by atoms with E-state index < -0.39 is 40.1 Å². The summed E-state index contributed by atoms with van der Waals surface area (Å²) >= 11 is 0. The van der Waals surface area contributed by atoms with E-state index in [9.17, 15) is 44.3 Å². The number of alkyl halides is 8. The van der Waals surface area contributed by atoms with Gasteiger partial charge in [-0.3, -0.25) is 0 Å². The molecule has 0 bridgehead atoms. The highest BCUT2D eigenvalue weighted by atomic mass is 31.3. The second-order valence-corrected chi connectivity index (χ2v) is 6.58. The fourth-order valence-electron chi connectivity index (χ4n) is 1.00. The average Bonchev–Trinajstić information content (AvgIpc) is 2.33. The topological polar surface area (TPSA) is 80.3 Å². The van der Waals surface area contributed by atoms with Crippen molar-refractivity contribution in [2.45, 2.75) is 24.4 Å². The molecule has 0 aromatic rings. The molecule has 124 valence electrons. The lowest BCUT2D eigenvalue weighted by Crippen LogP contribution is -2.36. The molecule has 2 heterocycles. The van der Waals surface area contributed by atoms with E-state index in [1.807, 2.05) is 0 Å². The van der Waals surface area contributed by atoms with Gasteiger partial charge in [-0.1, -0.05) is 0 Å². The monoisotopic (exact) mass is 374 g/mol. The van der Waals surface area contributed by atoms with Crippen molar-refractivity contribution in [2.75, 3.05) is 0 Å². The Balaban J connectivity index is 2.25. The highest BCUT2D eigenvalue weighted by Crippen LogP contribution is 2.78. The third-order valence-electron chi connectivity index (χ3n) is 1.78. The lowest BCUT2D eigenvalue weighted by atomic mass is 10.6.